The Morgan fingerprint density at radius 3 is 2.53 bits per heavy atom. The molecule has 0 bridgehead atoms. The highest BCUT2D eigenvalue weighted by atomic mass is 127. The van der Waals surface area contributed by atoms with E-state index in [2.05, 4.69) is 29.2 Å². The lowest BCUT2D eigenvalue weighted by Gasteiger charge is -2.34. The topological polar surface area (TPSA) is 37.4 Å². The molecule has 0 saturated carbocycles. The first-order valence-electron chi connectivity index (χ1n) is 6.36. The third-order valence-corrected chi connectivity index (χ3v) is 6.08. The SMILES string of the molecule is C=C(I)C1CCCCN1S(=O)(=O)c1ccc(C)cc1. The van der Waals surface area contributed by atoms with Crippen LogP contribution in [-0.4, -0.2) is 25.3 Å². The number of benzene rings is 1. The molecule has 3 nitrogen and oxygen atoms in total. The lowest BCUT2D eigenvalue weighted by Crippen LogP contribution is -2.43. The highest BCUT2D eigenvalue weighted by molar-refractivity contribution is 14.1. The monoisotopic (exact) mass is 391 g/mol. The van der Waals surface area contributed by atoms with Gasteiger partial charge >= 0.3 is 0 Å². The third-order valence-electron chi connectivity index (χ3n) is 3.44. The summed E-state index contributed by atoms with van der Waals surface area (Å²) in [5.74, 6) is 0. The Balaban J connectivity index is 2.37. The number of rotatable bonds is 3. The molecule has 5 heteroatoms. The van der Waals surface area contributed by atoms with Crippen LogP contribution in [0.5, 0.6) is 0 Å². The van der Waals surface area contributed by atoms with E-state index in [9.17, 15) is 8.42 Å². The molecule has 0 radical (unpaired) electrons. The van der Waals surface area contributed by atoms with Gasteiger partial charge in [-0.2, -0.15) is 4.31 Å². The van der Waals surface area contributed by atoms with E-state index in [-0.39, 0.29) is 6.04 Å². The summed E-state index contributed by atoms with van der Waals surface area (Å²) >= 11 is 2.14. The van der Waals surface area contributed by atoms with Crippen LogP contribution in [-0.2, 0) is 10.0 Å². The van der Waals surface area contributed by atoms with Crippen LogP contribution in [0.25, 0.3) is 0 Å². The summed E-state index contributed by atoms with van der Waals surface area (Å²) in [4.78, 5) is 0.377. The molecule has 0 aliphatic carbocycles. The number of sulfonamides is 1. The molecule has 1 fully saturated rings. The van der Waals surface area contributed by atoms with Crippen molar-refractivity contribution in [3.8, 4) is 0 Å². The van der Waals surface area contributed by atoms with Crippen molar-refractivity contribution in [3.05, 3.63) is 40.0 Å². The van der Waals surface area contributed by atoms with Crippen LogP contribution in [0, 0.1) is 6.92 Å². The number of piperidine rings is 1. The Morgan fingerprint density at radius 2 is 1.95 bits per heavy atom. The molecule has 1 aromatic carbocycles. The molecule has 2 rings (SSSR count). The molecular weight excluding hydrogens is 373 g/mol. The number of nitrogens with zero attached hydrogens (tertiary/aromatic N) is 1. The van der Waals surface area contributed by atoms with Gasteiger partial charge in [0.2, 0.25) is 10.0 Å². The normalized spacial score (nSPS) is 21.3. The van der Waals surface area contributed by atoms with Crippen LogP contribution in [0.15, 0.2) is 39.3 Å². The van der Waals surface area contributed by atoms with Crippen LogP contribution in [0.4, 0.5) is 0 Å². The zero-order valence-electron chi connectivity index (χ0n) is 11.0. The van der Waals surface area contributed by atoms with Crippen molar-refractivity contribution in [1.82, 2.24) is 4.31 Å². The van der Waals surface area contributed by atoms with Crippen molar-refractivity contribution in [2.45, 2.75) is 37.1 Å². The molecule has 0 spiro atoms. The lowest BCUT2D eigenvalue weighted by molar-refractivity contribution is 0.290. The second kappa shape index (κ2) is 5.93. The van der Waals surface area contributed by atoms with Gasteiger partial charge in [0.05, 0.1) is 10.9 Å². The van der Waals surface area contributed by atoms with E-state index < -0.39 is 10.0 Å². The van der Waals surface area contributed by atoms with Gasteiger partial charge in [-0.25, -0.2) is 8.42 Å². The van der Waals surface area contributed by atoms with E-state index in [4.69, 9.17) is 0 Å². The van der Waals surface area contributed by atoms with Gasteiger partial charge in [-0.15, -0.1) is 0 Å². The quantitative estimate of drug-likeness (QED) is 0.740. The van der Waals surface area contributed by atoms with Crippen molar-refractivity contribution in [1.29, 1.82) is 0 Å². The van der Waals surface area contributed by atoms with Gasteiger partial charge in [0, 0.05) is 10.1 Å². The van der Waals surface area contributed by atoms with Crippen molar-refractivity contribution >= 4 is 32.6 Å². The molecule has 1 saturated heterocycles. The van der Waals surface area contributed by atoms with Crippen LogP contribution < -0.4 is 0 Å². The van der Waals surface area contributed by atoms with E-state index in [1.54, 1.807) is 16.4 Å². The van der Waals surface area contributed by atoms with Gasteiger partial charge in [0.15, 0.2) is 0 Å². The van der Waals surface area contributed by atoms with Crippen LogP contribution in [0.2, 0.25) is 0 Å². The van der Waals surface area contributed by atoms with Crippen molar-refractivity contribution in [2.75, 3.05) is 6.54 Å². The minimum Gasteiger partial charge on any atom is -0.207 e. The third kappa shape index (κ3) is 3.20. The first kappa shape index (κ1) is 15.0. The van der Waals surface area contributed by atoms with E-state index in [0.29, 0.717) is 11.4 Å². The molecule has 0 aromatic heterocycles. The van der Waals surface area contributed by atoms with Gasteiger partial charge in [-0.05, 0) is 54.5 Å². The molecular formula is C14H18INO2S. The van der Waals surface area contributed by atoms with E-state index in [0.717, 1.165) is 28.4 Å². The second-order valence-electron chi connectivity index (χ2n) is 4.89. The Morgan fingerprint density at radius 1 is 1.32 bits per heavy atom. The summed E-state index contributed by atoms with van der Waals surface area (Å²) in [5, 5.41) is 0. The molecule has 1 aromatic rings. The Kier molecular flexibility index (Phi) is 4.68. The zero-order valence-corrected chi connectivity index (χ0v) is 13.9. The van der Waals surface area contributed by atoms with Crippen molar-refractivity contribution < 1.29 is 8.42 Å². The van der Waals surface area contributed by atoms with Crippen LogP contribution in [0.1, 0.15) is 24.8 Å². The van der Waals surface area contributed by atoms with Gasteiger partial charge in [0.1, 0.15) is 0 Å². The molecule has 0 N–H and O–H groups in total. The highest BCUT2D eigenvalue weighted by Gasteiger charge is 2.34. The number of hydrogen-bond donors (Lipinski definition) is 0. The second-order valence-corrected chi connectivity index (χ2v) is 8.16. The molecule has 19 heavy (non-hydrogen) atoms. The van der Waals surface area contributed by atoms with Gasteiger partial charge in [-0.1, -0.05) is 30.7 Å². The fraction of sp³-hybridized carbons (Fsp3) is 0.429. The Bertz CT molecular complexity index is 566. The Labute approximate surface area is 128 Å². The maximum Gasteiger partial charge on any atom is 0.243 e. The largest absolute Gasteiger partial charge is 0.243 e. The maximum atomic E-state index is 12.7. The van der Waals surface area contributed by atoms with Gasteiger partial charge in [0.25, 0.3) is 0 Å². The number of hydrogen-bond acceptors (Lipinski definition) is 2. The highest BCUT2D eigenvalue weighted by Crippen LogP contribution is 2.30. The average molecular weight is 391 g/mol. The van der Waals surface area contributed by atoms with Crippen LogP contribution in [0.3, 0.4) is 0 Å². The summed E-state index contributed by atoms with van der Waals surface area (Å²) in [6.45, 7) is 6.47. The molecule has 0 amide bonds. The van der Waals surface area contributed by atoms with Crippen molar-refractivity contribution in [2.24, 2.45) is 0 Å². The smallest absolute Gasteiger partial charge is 0.207 e. The predicted molar refractivity (Wildman–Crippen MR) is 85.9 cm³/mol. The fourth-order valence-electron chi connectivity index (χ4n) is 2.35. The van der Waals surface area contributed by atoms with Crippen LogP contribution >= 0.6 is 22.6 Å². The predicted octanol–water partition coefficient (Wildman–Crippen LogP) is 3.49. The zero-order chi connectivity index (χ0) is 14.0. The lowest BCUT2D eigenvalue weighted by atomic mass is 10.1. The van der Waals surface area contributed by atoms with Gasteiger partial charge in [-0.3, -0.25) is 0 Å². The summed E-state index contributed by atoms with van der Waals surface area (Å²) < 4.78 is 27.9. The molecule has 1 heterocycles. The summed E-state index contributed by atoms with van der Waals surface area (Å²) in [6.07, 6.45) is 2.85. The fourth-order valence-corrected chi connectivity index (χ4v) is 4.88. The molecule has 104 valence electrons. The van der Waals surface area contributed by atoms with Gasteiger partial charge < -0.3 is 0 Å². The maximum absolute atomic E-state index is 12.7. The summed E-state index contributed by atoms with van der Waals surface area (Å²) in [5.41, 5.74) is 1.06. The minimum atomic E-state index is -3.41. The van der Waals surface area contributed by atoms with E-state index in [1.165, 1.54) is 0 Å². The Hall–Kier alpha value is -0.400. The van der Waals surface area contributed by atoms with E-state index >= 15 is 0 Å². The molecule has 1 aliphatic heterocycles. The number of aryl methyl sites for hydroxylation is 1. The molecule has 1 atom stereocenters. The standard InChI is InChI=1S/C14H18INO2S/c1-11-6-8-13(9-7-11)19(17,18)16-10-4-3-5-14(16)12(2)15/h6-9,14H,2-5,10H2,1H3. The first-order chi connectivity index (χ1) is 8.93. The number of halogens is 1. The van der Waals surface area contributed by atoms with E-state index in [1.807, 2.05) is 19.1 Å². The van der Waals surface area contributed by atoms with Crippen molar-refractivity contribution in [3.63, 3.8) is 0 Å². The summed E-state index contributed by atoms with van der Waals surface area (Å²) in [6, 6.07) is 6.98. The molecule has 1 aliphatic rings. The summed E-state index contributed by atoms with van der Waals surface area (Å²) in [7, 11) is -3.41. The first-order valence-corrected chi connectivity index (χ1v) is 8.87. The minimum absolute atomic E-state index is 0.0688. The average Bonchev–Trinajstić information content (AvgIpc) is 2.39. The molecule has 1 unspecified atom stereocenters.